The third-order valence-corrected chi connectivity index (χ3v) is 2.04. The molecule has 6 heteroatoms. The zero-order valence-electron chi connectivity index (χ0n) is 6.07. The van der Waals surface area contributed by atoms with Crippen LogP contribution >= 0.6 is 7.60 Å². The molecule has 0 saturated heterocycles. The maximum atomic E-state index is 12.3. The predicted octanol–water partition coefficient (Wildman–Crippen LogP) is -0.638. The standard InChI is InChI=1S/C6H6FO3P.Zn/c7-5-2-1-3-6(4-5)11(8,9)10;/h1-4H,(H2,8,9,10);/q;+2/p-2. The van der Waals surface area contributed by atoms with E-state index in [4.69, 9.17) is 0 Å². The van der Waals surface area contributed by atoms with Gasteiger partial charge in [0, 0.05) is 0 Å². The smallest absolute Gasteiger partial charge is 0.807 e. The van der Waals surface area contributed by atoms with E-state index in [1.54, 1.807) is 0 Å². The molecule has 0 amide bonds. The van der Waals surface area contributed by atoms with Gasteiger partial charge in [-0.2, -0.15) is 0 Å². The summed E-state index contributed by atoms with van der Waals surface area (Å²) < 4.78 is 22.6. The Kier molecular flexibility index (Phi) is 4.22. The second-order valence-electron chi connectivity index (χ2n) is 1.98. The molecule has 0 fully saturated rings. The Balaban J connectivity index is 0.00000121. The molecule has 0 atom stereocenters. The fraction of sp³-hybridized carbons (Fsp3) is 0. The second-order valence-corrected chi connectivity index (χ2v) is 3.49. The number of halogens is 1. The van der Waals surface area contributed by atoms with E-state index in [2.05, 4.69) is 0 Å². The SMILES string of the molecule is O=P([O-])([O-])c1cccc(F)c1.[Zn+2]. The Labute approximate surface area is 81.5 Å². The third kappa shape index (κ3) is 3.12. The van der Waals surface area contributed by atoms with Crippen LogP contribution in [0.4, 0.5) is 4.39 Å². The molecular formula is C6H4FO3PZn. The molecule has 0 unspecified atom stereocenters. The maximum Gasteiger partial charge on any atom is 2.00 e. The van der Waals surface area contributed by atoms with Crippen molar-refractivity contribution in [2.24, 2.45) is 0 Å². The van der Waals surface area contributed by atoms with Crippen molar-refractivity contribution in [1.82, 2.24) is 0 Å². The molecule has 0 aliphatic rings. The van der Waals surface area contributed by atoms with Crippen molar-refractivity contribution in [3.8, 4) is 0 Å². The first kappa shape index (κ1) is 11.9. The van der Waals surface area contributed by atoms with Gasteiger partial charge in [-0.05, 0) is 25.0 Å². The van der Waals surface area contributed by atoms with E-state index in [1.165, 1.54) is 6.07 Å². The van der Waals surface area contributed by atoms with Crippen LogP contribution in [0, 0.1) is 5.82 Å². The first-order valence-corrected chi connectivity index (χ1v) is 4.32. The summed E-state index contributed by atoms with van der Waals surface area (Å²) in [6.45, 7) is 0. The molecule has 0 bridgehead atoms. The van der Waals surface area contributed by atoms with Gasteiger partial charge in [-0.1, -0.05) is 12.1 Å². The van der Waals surface area contributed by atoms with Gasteiger partial charge in [-0.3, -0.25) is 0 Å². The van der Waals surface area contributed by atoms with Crippen LogP contribution in [0.1, 0.15) is 0 Å². The van der Waals surface area contributed by atoms with E-state index in [0.717, 1.165) is 12.1 Å². The average molecular weight is 239 g/mol. The molecule has 0 radical (unpaired) electrons. The molecule has 0 saturated carbocycles. The number of rotatable bonds is 1. The Morgan fingerprint density at radius 3 is 2.25 bits per heavy atom. The van der Waals surface area contributed by atoms with E-state index >= 15 is 0 Å². The summed E-state index contributed by atoms with van der Waals surface area (Å²) in [5, 5.41) is -0.516. The second kappa shape index (κ2) is 4.24. The quantitative estimate of drug-likeness (QED) is 0.484. The Morgan fingerprint density at radius 1 is 1.33 bits per heavy atom. The molecule has 0 heterocycles. The van der Waals surface area contributed by atoms with Crippen molar-refractivity contribution in [3.05, 3.63) is 30.1 Å². The topological polar surface area (TPSA) is 63.2 Å². The van der Waals surface area contributed by atoms with Gasteiger partial charge < -0.3 is 14.4 Å². The molecule has 1 rings (SSSR count). The van der Waals surface area contributed by atoms with Crippen molar-refractivity contribution in [2.45, 2.75) is 0 Å². The van der Waals surface area contributed by atoms with E-state index in [-0.39, 0.29) is 19.5 Å². The summed E-state index contributed by atoms with van der Waals surface area (Å²) in [7, 11) is -4.79. The monoisotopic (exact) mass is 238 g/mol. The van der Waals surface area contributed by atoms with Crippen LogP contribution in [0.5, 0.6) is 0 Å². The molecule has 12 heavy (non-hydrogen) atoms. The summed E-state index contributed by atoms with van der Waals surface area (Å²) >= 11 is 0. The average Bonchev–Trinajstić information content (AvgIpc) is 1.86. The number of hydrogen-bond acceptors (Lipinski definition) is 3. The third-order valence-electron chi connectivity index (χ3n) is 1.12. The molecule has 0 N–H and O–H groups in total. The summed E-state index contributed by atoms with van der Waals surface area (Å²) in [4.78, 5) is 20.6. The first-order chi connectivity index (χ1) is 5.00. The van der Waals surface area contributed by atoms with Crippen molar-refractivity contribution < 1.29 is 38.2 Å². The summed E-state index contributed by atoms with van der Waals surface area (Å²) in [5.41, 5.74) is 0. The largest absolute Gasteiger partial charge is 2.00 e. The fourth-order valence-electron chi connectivity index (χ4n) is 0.646. The summed E-state index contributed by atoms with van der Waals surface area (Å²) in [5.74, 6) is -0.727. The van der Waals surface area contributed by atoms with Crippen LogP contribution in [0.25, 0.3) is 0 Å². The fourth-order valence-corrected chi connectivity index (χ4v) is 1.20. The van der Waals surface area contributed by atoms with Crippen LogP contribution < -0.4 is 15.1 Å². The van der Waals surface area contributed by atoms with Gasteiger partial charge in [0.2, 0.25) is 0 Å². The number of hydrogen-bond donors (Lipinski definition) is 0. The minimum absolute atomic E-state index is 0. The van der Waals surface area contributed by atoms with E-state index in [0.29, 0.717) is 6.07 Å². The van der Waals surface area contributed by atoms with Crippen molar-refractivity contribution in [2.75, 3.05) is 0 Å². The van der Waals surface area contributed by atoms with Gasteiger partial charge in [0.15, 0.2) is 0 Å². The van der Waals surface area contributed by atoms with Crippen LogP contribution in [0.2, 0.25) is 0 Å². The van der Waals surface area contributed by atoms with Gasteiger partial charge in [0.1, 0.15) is 5.82 Å². The molecule has 0 spiro atoms. The normalized spacial score (nSPS) is 10.6. The molecule has 0 aromatic heterocycles. The van der Waals surface area contributed by atoms with Gasteiger partial charge >= 0.3 is 19.5 Å². The van der Waals surface area contributed by atoms with Crippen LogP contribution in [-0.4, -0.2) is 0 Å². The first-order valence-electron chi connectivity index (χ1n) is 2.78. The minimum atomic E-state index is -4.79. The van der Waals surface area contributed by atoms with E-state index in [1.807, 2.05) is 0 Å². The summed E-state index contributed by atoms with van der Waals surface area (Å²) in [6.07, 6.45) is 0. The Bertz CT molecular complexity index is 311. The molecule has 1 aromatic rings. The van der Waals surface area contributed by atoms with Gasteiger partial charge in [-0.15, -0.1) is 0 Å². The molecule has 1 aromatic carbocycles. The number of benzene rings is 1. The van der Waals surface area contributed by atoms with E-state index < -0.39 is 18.7 Å². The zero-order chi connectivity index (χ0) is 8.48. The molecule has 0 aliphatic heterocycles. The Morgan fingerprint density at radius 2 is 1.92 bits per heavy atom. The zero-order valence-corrected chi connectivity index (χ0v) is 9.93. The molecular weight excluding hydrogens is 235 g/mol. The van der Waals surface area contributed by atoms with Crippen LogP contribution in [-0.2, 0) is 24.0 Å². The maximum absolute atomic E-state index is 12.3. The molecule has 3 nitrogen and oxygen atoms in total. The van der Waals surface area contributed by atoms with Crippen LogP contribution in [0.15, 0.2) is 24.3 Å². The van der Waals surface area contributed by atoms with Crippen LogP contribution in [0.3, 0.4) is 0 Å². The van der Waals surface area contributed by atoms with Gasteiger partial charge in [0.25, 0.3) is 0 Å². The van der Waals surface area contributed by atoms with Gasteiger partial charge in [0.05, 0.1) is 0 Å². The predicted molar refractivity (Wildman–Crippen MR) is 33.6 cm³/mol. The molecule has 0 aliphatic carbocycles. The van der Waals surface area contributed by atoms with Gasteiger partial charge in [-0.25, -0.2) is 4.39 Å². The molecule has 60 valence electrons. The van der Waals surface area contributed by atoms with Crippen molar-refractivity contribution in [3.63, 3.8) is 0 Å². The van der Waals surface area contributed by atoms with E-state index in [9.17, 15) is 18.7 Å². The van der Waals surface area contributed by atoms with Crippen molar-refractivity contribution in [1.29, 1.82) is 0 Å². The Hall–Kier alpha value is -0.0766. The van der Waals surface area contributed by atoms with Crippen molar-refractivity contribution >= 4 is 12.9 Å². The summed E-state index contributed by atoms with van der Waals surface area (Å²) in [6, 6.07) is 4.00. The minimum Gasteiger partial charge on any atom is -0.807 e.